The lowest BCUT2D eigenvalue weighted by Crippen LogP contribution is -2.29. The highest BCUT2D eigenvalue weighted by Crippen LogP contribution is 2.21. The molecule has 0 amide bonds. The van der Waals surface area contributed by atoms with Crippen molar-refractivity contribution in [1.29, 1.82) is 0 Å². The largest absolute Gasteiger partial charge is 0.312 e. The van der Waals surface area contributed by atoms with E-state index in [0.717, 1.165) is 25.4 Å². The number of hydrogen-bond acceptors (Lipinski definition) is 1. The second kappa shape index (κ2) is 6.93. The Morgan fingerprint density at radius 1 is 1.19 bits per heavy atom. The third-order valence-corrected chi connectivity index (χ3v) is 3.03. The quantitative estimate of drug-likeness (QED) is 0.714. The standard InChI is InChI=1S/C14H22ClN/c1-14(2,9-6-10-15)12-16-11-13-7-4-3-5-8-13/h3-5,7-8,16H,6,9-12H2,1-2H3. The first-order valence-corrected chi connectivity index (χ1v) is 6.48. The van der Waals surface area contributed by atoms with Crippen LogP contribution in [0, 0.1) is 5.41 Å². The van der Waals surface area contributed by atoms with Crippen LogP contribution in [-0.2, 0) is 6.54 Å². The van der Waals surface area contributed by atoms with E-state index in [-0.39, 0.29) is 0 Å². The van der Waals surface area contributed by atoms with Gasteiger partial charge in [-0.3, -0.25) is 0 Å². The molecule has 0 heterocycles. The highest BCUT2D eigenvalue weighted by molar-refractivity contribution is 6.17. The molecule has 90 valence electrons. The van der Waals surface area contributed by atoms with Crippen molar-refractivity contribution in [3.63, 3.8) is 0 Å². The van der Waals surface area contributed by atoms with Crippen molar-refractivity contribution in [2.75, 3.05) is 12.4 Å². The Balaban J connectivity index is 2.24. The van der Waals surface area contributed by atoms with E-state index in [2.05, 4.69) is 43.4 Å². The number of nitrogens with one attached hydrogen (secondary N) is 1. The van der Waals surface area contributed by atoms with Crippen LogP contribution in [0.1, 0.15) is 32.3 Å². The van der Waals surface area contributed by atoms with Gasteiger partial charge in [0.05, 0.1) is 0 Å². The third-order valence-electron chi connectivity index (χ3n) is 2.76. The van der Waals surface area contributed by atoms with Gasteiger partial charge in [0.25, 0.3) is 0 Å². The fourth-order valence-corrected chi connectivity index (χ4v) is 1.91. The van der Waals surface area contributed by atoms with Gasteiger partial charge in [-0.15, -0.1) is 11.6 Å². The van der Waals surface area contributed by atoms with Crippen LogP contribution in [0.15, 0.2) is 30.3 Å². The van der Waals surface area contributed by atoms with Crippen LogP contribution in [0.5, 0.6) is 0 Å². The molecule has 1 rings (SSSR count). The molecule has 1 aromatic rings. The molecule has 0 aromatic heterocycles. The maximum atomic E-state index is 5.72. The zero-order chi connectivity index (χ0) is 11.9. The van der Waals surface area contributed by atoms with Crippen molar-refractivity contribution < 1.29 is 0 Å². The van der Waals surface area contributed by atoms with Crippen molar-refractivity contribution in [2.45, 2.75) is 33.2 Å². The van der Waals surface area contributed by atoms with E-state index in [1.165, 1.54) is 12.0 Å². The summed E-state index contributed by atoms with van der Waals surface area (Å²) in [6.07, 6.45) is 2.28. The summed E-state index contributed by atoms with van der Waals surface area (Å²) < 4.78 is 0. The summed E-state index contributed by atoms with van der Waals surface area (Å²) in [5, 5.41) is 3.51. The van der Waals surface area contributed by atoms with Gasteiger partial charge < -0.3 is 5.32 Å². The molecule has 0 atom stereocenters. The molecule has 16 heavy (non-hydrogen) atoms. The molecule has 0 unspecified atom stereocenters. The van der Waals surface area contributed by atoms with E-state index in [4.69, 9.17) is 11.6 Å². The molecule has 0 saturated heterocycles. The Morgan fingerprint density at radius 2 is 1.88 bits per heavy atom. The molecule has 1 aromatic carbocycles. The number of alkyl halides is 1. The molecule has 0 radical (unpaired) electrons. The first-order chi connectivity index (χ1) is 7.64. The topological polar surface area (TPSA) is 12.0 Å². The molecule has 2 heteroatoms. The Bertz CT molecular complexity index is 282. The average Bonchev–Trinajstić information content (AvgIpc) is 2.28. The summed E-state index contributed by atoms with van der Waals surface area (Å²) in [5.74, 6) is 0.766. The van der Waals surface area contributed by atoms with E-state index < -0.39 is 0 Å². The van der Waals surface area contributed by atoms with E-state index in [1.807, 2.05) is 6.07 Å². The van der Waals surface area contributed by atoms with Crippen LogP contribution >= 0.6 is 11.6 Å². The van der Waals surface area contributed by atoms with Crippen LogP contribution in [0.3, 0.4) is 0 Å². The molecule has 0 aliphatic heterocycles. The first-order valence-electron chi connectivity index (χ1n) is 5.95. The van der Waals surface area contributed by atoms with Crippen molar-refractivity contribution in [3.8, 4) is 0 Å². The normalized spacial score (nSPS) is 11.7. The van der Waals surface area contributed by atoms with Crippen LogP contribution in [0.4, 0.5) is 0 Å². The molecule has 1 N–H and O–H groups in total. The van der Waals surface area contributed by atoms with Crippen LogP contribution in [0.2, 0.25) is 0 Å². The van der Waals surface area contributed by atoms with Gasteiger partial charge in [-0.05, 0) is 23.8 Å². The Hall–Kier alpha value is -0.530. The summed E-state index contributed by atoms with van der Waals surface area (Å²) in [6.45, 7) is 6.57. The Kier molecular flexibility index (Phi) is 5.86. The first kappa shape index (κ1) is 13.5. The Morgan fingerprint density at radius 3 is 2.50 bits per heavy atom. The van der Waals surface area contributed by atoms with E-state index in [0.29, 0.717) is 5.41 Å². The summed E-state index contributed by atoms with van der Waals surface area (Å²) in [7, 11) is 0. The number of hydrogen-bond donors (Lipinski definition) is 1. The fraction of sp³-hybridized carbons (Fsp3) is 0.571. The minimum atomic E-state index is 0.337. The minimum absolute atomic E-state index is 0.337. The fourth-order valence-electron chi connectivity index (χ4n) is 1.77. The summed E-state index contributed by atoms with van der Waals surface area (Å²) in [4.78, 5) is 0. The average molecular weight is 240 g/mol. The maximum Gasteiger partial charge on any atom is 0.0223 e. The highest BCUT2D eigenvalue weighted by atomic mass is 35.5. The van der Waals surface area contributed by atoms with Crippen LogP contribution < -0.4 is 5.32 Å². The third kappa shape index (κ3) is 5.53. The molecule has 0 aliphatic rings. The van der Waals surface area contributed by atoms with Crippen LogP contribution in [-0.4, -0.2) is 12.4 Å². The molecule has 0 spiro atoms. The molecular formula is C14H22ClN. The van der Waals surface area contributed by atoms with E-state index in [1.54, 1.807) is 0 Å². The number of halogens is 1. The molecular weight excluding hydrogens is 218 g/mol. The maximum absolute atomic E-state index is 5.72. The van der Waals surface area contributed by atoms with Gasteiger partial charge in [-0.25, -0.2) is 0 Å². The predicted octanol–water partition coefficient (Wildman–Crippen LogP) is 3.82. The van der Waals surface area contributed by atoms with E-state index in [9.17, 15) is 0 Å². The molecule has 0 saturated carbocycles. The zero-order valence-corrected chi connectivity index (χ0v) is 11.1. The van der Waals surface area contributed by atoms with Crippen molar-refractivity contribution in [1.82, 2.24) is 5.32 Å². The lowest BCUT2D eigenvalue weighted by atomic mass is 9.88. The smallest absolute Gasteiger partial charge is 0.0223 e. The summed E-state index contributed by atoms with van der Waals surface area (Å²) in [6, 6.07) is 10.5. The van der Waals surface area contributed by atoms with Crippen LogP contribution in [0.25, 0.3) is 0 Å². The highest BCUT2D eigenvalue weighted by Gasteiger charge is 2.16. The second-order valence-corrected chi connectivity index (χ2v) is 5.42. The number of benzene rings is 1. The summed E-state index contributed by atoms with van der Waals surface area (Å²) >= 11 is 5.72. The SMILES string of the molecule is CC(C)(CCCCl)CNCc1ccccc1. The molecule has 0 fully saturated rings. The van der Waals surface area contributed by atoms with Crippen molar-refractivity contribution in [3.05, 3.63) is 35.9 Å². The lowest BCUT2D eigenvalue weighted by molar-refractivity contribution is 0.311. The van der Waals surface area contributed by atoms with Crippen molar-refractivity contribution in [2.24, 2.45) is 5.41 Å². The van der Waals surface area contributed by atoms with Gasteiger partial charge in [0, 0.05) is 19.0 Å². The molecule has 0 aliphatic carbocycles. The van der Waals surface area contributed by atoms with Gasteiger partial charge in [-0.1, -0.05) is 44.2 Å². The summed E-state index contributed by atoms with van der Waals surface area (Å²) in [5.41, 5.74) is 1.68. The molecule has 0 bridgehead atoms. The second-order valence-electron chi connectivity index (χ2n) is 5.05. The van der Waals surface area contributed by atoms with E-state index >= 15 is 0 Å². The van der Waals surface area contributed by atoms with Gasteiger partial charge in [0.15, 0.2) is 0 Å². The Labute approximate surface area is 104 Å². The van der Waals surface area contributed by atoms with Gasteiger partial charge in [0.1, 0.15) is 0 Å². The van der Waals surface area contributed by atoms with Gasteiger partial charge in [0.2, 0.25) is 0 Å². The zero-order valence-electron chi connectivity index (χ0n) is 10.3. The monoisotopic (exact) mass is 239 g/mol. The van der Waals surface area contributed by atoms with Gasteiger partial charge >= 0.3 is 0 Å². The number of rotatable bonds is 7. The predicted molar refractivity (Wildman–Crippen MR) is 71.9 cm³/mol. The lowest BCUT2D eigenvalue weighted by Gasteiger charge is -2.24. The van der Waals surface area contributed by atoms with Crippen molar-refractivity contribution >= 4 is 11.6 Å². The molecule has 1 nitrogen and oxygen atoms in total. The minimum Gasteiger partial charge on any atom is -0.312 e. The van der Waals surface area contributed by atoms with Gasteiger partial charge in [-0.2, -0.15) is 0 Å².